The molecule has 3 rings (SSSR count). The zero-order chi connectivity index (χ0) is 22.8. The lowest BCUT2D eigenvalue weighted by molar-refractivity contribution is -0.130. The molecule has 7 heteroatoms. The van der Waals surface area contributed by atoms with Crippen LogP contribution in [0.3, 0.4) is 0 Å². The van der Waals surface area contributed by atoms with E-state index in [4.69, 9.17) is 4.74 Å². The van der Waals surface area contributed by atoms with E-state index in [9.17, 15) is 4.79 Å². The number of piperidine rings is 1. The summed E-state index contributed by atoms with van der Waals surface area (Å²) in [7, 11) is 0. The SMILES string of the molecule is CCNC(=NCC(=O)N1CCC(Cc2ccccc2)CC1)NCC(C)(C)N1CCOCC1. The van der Waals surface area contributed by atoms with E-state index in [1.165, 1.54) is 5.56 Å². The van der Waals surface area contributed by atoms with Gasteiger partial charge < -0.3 is 20.3 Å². The maximum absolute atomic E-state index is 12.8. The number of aliphatic imine (C=N–C) groups is 1. The maximum atomic E-state index is 12.8. The van der Waals surface area contributed by atoms with Crippen LogP contribution in [0, 0.1) is 5.92 Å². The Morgan fingerprint density at radius 2 is 1.78 bits per heavy atom. The van der Waals surface area contributed by atoms with E-state index in [0.717, 1.165) is 71.7 Å². The molecule has 7 nitrogen and oxygen atoms in total. The third kappa shape index (κ3) is 7.48. The number of nitrogens with zero attached hydrogens (tertiary/aromatic N) is 3. The number of guanidine groups is 1. The Morgan fingerprint density at radius 1 is 1.09 bits per heavy atom. The molecular formula is C25H41N5O2. The van der Waals surface area contributed by atoms with Crippen molar-refractivity contribution in [2.75, 3.05) is 59.0 Å². The predicted octanol–water partition coefficient (Wildman–Crippen LogP) is 2.13. The first-order valence-corrected chi connectivity index (χ1v) is 12.1. The number of carbonyl (C=O) groups is 1. The average molecular weight is 444 g/mol. The van der Waals surface area contributed by atoms with Crippen molar-refractivity contribution >= 4 is 11.9 Å². The first kappa shape index (κ1) is 24.5. The van der Waals surface area contributed by atoms with Crippen molar-refractivity contribution in [3.63, 3.8) is 0 Å². The van der Waals surface area contributed by atoms with Gasteiger partial charge in [0.1, 0.15) is 6.54 Å². The van der Waals surface area contributed by atoms with Crippen LogP contribution in [0.1, 0.15) is 39.2 Å². The van der Waals surface area contributed by atoms with Crippen LogP contribution in [0.25, 0.3) is 0 Å². The van der Waals surface area contributed by atoms with Crippen LogP contribution < -0.4 is 10.6 Å². The Morgan fingerprint density at radius 3 is 2.44 bits per heavy atom. The minimum atomic E-state index is -0.00931. The number of carbonyl (C=O) groups excluding carboxylic acids is 1. The van der Waals surface area contributed by atoms with E-state index in [1.54, 1.807) is 0 Å². The number of hydrogen-bond acceptors (Lipinski definition) is 4. The molecule has 0 atom stereocenters. The van der Waals surface area contributed by atoms with Crippen molar-refractivity contribution in [1.29, 1.82) is 0 Å². The van der Waals surface area contributed by atoms with Crippen LogP contribution >= 0.6 is 0 Å². The Balaban J connectivity index is 1.44. The Labute approximate surface area is 193 Å². The largest absolute Gasteiger partial charge is 0.379 e. The number of amides is 1. The van der Waals surface area contributed by atoms with Crippen LogP contribution in [0.5, 0.6) is 0 Å². The van der Waals surface area contributed by atoms with Gasteiger partial charge in [0.2, 0.25) is 5.91 Å². The molecule has 2 saturated heterocycles. The molecule has 2 N–H and O–H groups in total. The predicted molar refractivity (Wildman–Crippen MR) is 130 cm³/mol. The number of ether oxygens (including phenoxy) is 1. The average Bonchev–Trinajstić information content (AvgIpc) is 2.82. The lowest BCUT2D eigenvalue weighted by atomic mass is 9.90. The van der Waals surface area contributed by atoms with Crippen molar-refractivity contribution in [3.05, 3.63) is 35.9 Å². The topological polar surface area (TPSA) is 69.2 Å². The standard InChI is InChI=1S/C25H41N5O2/c1-4-26-24(28-20-25(2,3)30-14-16-32-17-15-30)27-19-23(31)29-12-10-22(11-13-29)18-21-8-6-5-7-9-21/h5-9,22H,4,10-20H2,1-3H3,(H2,26,27,28). The highest BCUT2D eigenvalue weighted by atomic mass is 16.5. The van der Waals surface area contributed by atoms with E-state index in [0.29, 0.717) is 11.9 Å². The second-order valence-electron chi connectivity index (χ2n) is 9.47. The van der Waals surface area contributed by atoms with Gasteiger partial charge in [-0.3, -0.25) is 9.69 Å². The Kier molecular flexibility index (Phi) is 9.36. The van der Waals surface area contributed by atoms with Gasteiger partial charge in [0.05, 0.1) is 13.2 Å². The summed E-state index contributed by atoms with van der Waals surface area (Å²) in [4.78, 5) is 21.8. The minimum absolute atomic E-state index is 0.00931. The van der Waals surface area contributed by atoms with Crippen LogP contribution in [0.2, 0.25) is 0 Å². The highest BCUT2D eigenvalue weighted by Crippen LogP contribution is 2.21. The Hall–Kier alpha value is -2.12. The smallest absolute Gasteiger partial charge is 0.244 e. The lowest BCUT2D eigenvalue weighted by Crippen LogP contribution is -2.56. The fourth-order valence-electron chi connectivity index (χ4n) is 4.50. The van der Waals surface area contributed by atoms with E-state index in [2.05, 4.69) is 64.7 Å². The summed E-state index contributed by atoms with van der Waals surface area (Å²) in [6, 6.07) is 10.7. The number of likely N-dealkylation sites (tertiary alicyclic amines) is 1. The van der Waals surface area contributed by atoms with Crippen molar-refractivity contribution in [2.45, 2.75) is 45.6 Å². The molecule has 2 fully saturated rings. The van der Waals surface area contributed by atoms with Crippen LogP contribution in [-0.2, 0) is 16.0 Å². The van der Waals surface area contributed by atoms with Crippen LogP contribution in [0.15, 0.2) is 35.3 Å². The number of rotatable bonds is 8. The van der Waals surface area contributed by atoms with Crippen LogP contribution in [0.4, 0.5) is 0 Å². The van der Waals surface area contributed by atoms with Gasteiger partial charge in [0, 0.05) is 44.8 Å². The lowest BCUT2D eigenvalue weighted by Gasteiger charge is -2.41. The maximum Gasteiger partial charge on any atom is 0.244 e. The summed E-state index contributed by atoms with van der Waals surface area (Å²) >= 11 is 0. The molecule has 2 aliphatic heterocycles. The molecule has 2 aliphatic rings. The van der Waals surface area contributed by atoms with Crippen molar-refractivity contribution in [1.82, 2.24) is 20.4 Å². The van der Waals surface area contributed by atoms with Crippen molar-refractivity contribution in [2.24, 2.45) is 10.9 Å². The molecular weight excluding hydrogens is 402 g/mol. The van der Waals surface area contributed by atoms with Gasteiger partial charge in [-0.2, -0.15) is 0 Å². The fourth-order valence-corrected chi connectivity index (χ4v) is 4.50. The third-order valence-electron chi connectivity index (χ3n) is 6.61. The van der Waals surface area contributed by atoms with E-state index in [-0.39, 0.29) is 18.0 Å². The molecule has 1 amide bonds. The first-order chi connectivity index (χ1) is 15.5. The van der Waals surface area contributed by atoms with E-state index >= 15 is 0 Å². The van der Waals surface area contributed by atoms with Gasteiger partial charge in [0.15, 0.2) is 5.96 Å². The van der Waals surface area contributed by atoms with Gasteiger partial charge in [-0.15, -0.1) is 0 Å². The zero-order valence-corrected chi connectivity index (χ0v) is 20.1. The Bertz CT molecular complexity index is 723. The van der Waals surface area contributed by atoms with Gasteiger partial charge >= 0.3 is 0 Å². The van der Waals surface area contributed by atoms with E-state index in [1.807, 2.05) is 11.8 Å². The van der Waals surface area contributed by atoms with E-state index < -0.39 is 0 Å². The molecule has 0 unspecified atom stereocenters. The molecule has 0 spiro atoms. The van der Waals surface area contributed by atoms with Crippen molar-refractivity contribution < 1.29 is 9.53 Å². The number of nitrogens with one attached hydrogen (secondary N) is 2. The normalized spacial score (nSPS) is 19.1. The fraction of sp³-hybridized carbons (Fsp3) is 0.680. The molecule has 0 radical (unpaired) electrons. The summed E-state index contributed by atoms with van der Waals surface area (Å²) in [5.74, 6) is 1.49. The third-order valence-corrected chi connectivity index (χ3v) is 6.61. The molecule has 0 aliphatic carbocycles. The van der Waals surface area contributed by atoms with Crippen molar-refractivity contribution in [3.8, 4) is 0 Å². The monoisotopic (exact) mass is 443 g/mol. The molecule has 178 valence electrons. The highest BCUT2D eigenvalue weighted by Gasteiger charge is 2.28. The second-order valence-corrected chi connectivity index (χ2v) is 9.47. The molecule has 32 heavy (non-hydrogen) atoms. The number of hydrogen-bond donors (Lipinski definition) is 2. The summed E-state index contributed by atoms with van der Waals surface area (Å²) < 4.78 is 5.48. The zero-order valence-electron chi connectivity index (χ0n) is 20.1. The summed E-state index contributed by atoms with van der Waals surface area (Å²) in [5, 5.41) is 6.71. The molecule has 0 saturated carbocycles. The highest BCUT2D eigenvalue weighted by molar-refractivity contribution is 5.85. The molecule has 0 aromatic heterocycles. The quantitative estimate of drug-likeness (QED) is 0.476. The minimum Gasteiger partial charge on any atom is -0.379 e. The van der Waals surface area contributed by atoms with Crippen LogP contribution in [-0.4, -0.2) is 86.2 Å². The number of benzene rings is 1. The van der Waals surface area contributed by atoms with Gasteiger partial charge in [0.25, 0.3) is 0 Å². The molecule has 1 aromatic carbocycles. The first-order valence-electron chi connectivity index (χ1n) is 12.1. The van der Waals surface area contributed by atoms with Gasteiger partial charge in [-0.25, -0.2) is 4.99 Å². The second kappa shape index (κ2) is 12.2. The molecule has 1 aromatic rings. The molecule has 0 bridgehead atoms. The summed E-state index contributed by atoms with van der Waals surface area (Å²) in [6.45, 7) is 13.4. The molecule has 2 heterocycles. The van der Waals surface area contributed by atoms with Gasteiger partial charge in [-0.1, -0.05) is 30.3 Å². The summed E-state index contributed by atoms with van der Waals surface area (Å²) in [5.41, 5.74) is 1.38. The summed E-state index contributed by atoms with van der Waals surface area (Å²) in [6.07, 6.45) is 3.24. The number of morpholine rings is 1. The van der Waals surface area contributed by atoms with Gasteiger partial charge in [-0.05, 0) is 51.5 Å².